The van der Waals surface area contributed by atoms with Crippen molar-refractivity contribution in [1.29, 1.82) is 0 Å². The summed E-state index contributed by atoms with van der Waals surface area (Å²) in [5, 5.41) is 3.92. The molecule has 0 unspecified atom stereocenters. The Labute approximate surface area is 146 Å². The summed E-state index contributed by atoms with van der Waals surface area (Å²) in [4.78, 5) is 4.45. The molecule has 0 saturated heterocycles. The van der Waals surface area contributed by atoms with Crippen LogP contribution >= 0.6 is 43.5 Å². The predicted octanol–water partition coefficient (Wildman–Crippen LogP) is 5.55. The van der Waals surface area contributed by atoms with Crippen LogP contribution in [0.25, 0.3) is 0 Å². The van der Waals surface area contributed by atoms with Crippen molar-refractivity contribution in [2.75, 3.05) is 0 Å². The number of nitrogens with zero attached hydrogens (tertiary/aromatic N) is 1. The van der Waals surface area contributed by atoms with E-state index in [-0.39, 0.29) is 0 Å². The molecule has 0 aliphatic rings. The fourth-order valence-electron chi connectivity index (χ4n) is 1.62. The number of benzene rings is 1. The third-order valence-electron chi connectivity index (χ3n) is 2.68. The number of rotatable bonds is 5. The second-order valence-electron chi connectivity index (χ2n) is 4.79. The summed E-state index contributed by atoms with van der Waals surface area (Å²) in [6.07, 6.45) is 0. The molecule has 1 aromatic heterocycles. The quantitative estimate of drug-likeness (QED) is 0.670. The molecule has 0 fully saturated rings. The van der Waals surface area contributed by atoms with E-state index in [0.717, 1.165) is 14.6 Å². The van der Waals surface area contributed by atoms with E-state index in [1.807, 2.05) is 18.2 Å². The highest BCUT2D eigenvalue weighted by molar-refractivity contribution is 9.11. The van der Waals surface area contributed by atoms with Crippen LogP contribution in [0.1, 0.15) is 19.5 Å². The molecule has 0 amide bonds. The first-order chi connectivity index (χ1) is 9.95. The van der Waals surface area contributed by atoms with Gasteiger partial charge in [0.25, 0.3) is 0 Å². The Kier molecular flexibility index (Phi) is 6.05. The number of aromatic nitrogens is 1. The molecule has 112 valence electrons. The van der Waals surface area contributed by atoms with E-state index in [1.165, 1.54) is 0 Å². The summed E-state index contributed by atoms with van der Waals surface area (Å²) in [7, 11) is 0. The Morgan fingerprint density at radius 1 is 1.24 bits per heavy atom. The Balaban J connectivity index is 2.18. The Hall–Kier alpha value is -0.620. The van der Waals surface area contributed by atoms with Crippen LogP contribution in [0.5, 0.6) is 11.6 Å². The molecule has 6 heteroatoms. The lowest BCUT2D eigenvalue weighted by atomic mass is 10.3. The van der Waals surface area contributed by atoms with Gasteiger partial charge in [-0.05, 0) is 40.2 Å². The minimum absolute atomic E-state index is 0.369. The Morgan fingerprint density at radius 3 is 2.67 bits per heavy atom. The first kappa shape index (κ1) is 16.7. The van der Waals surface area contributed by atoms with Gasteiger partial charge in [0, 0.05) is 23.1 Å². The van der Waals surface area contributed by atoms with Crippen molar-refractivity contribution < 1.29 is 4.74 Å². The van der Waals surface area contributed by atoms with E-state index in [1.54, 1.807) is 12.1 Å². The van der Waals surface area contributed by atoms with E-state index in [0.29, 0.717) is 29.2 Å². The van der Waals surface area contributed by atoms with Gasteiger partial charge in [-0.15, -0.1) is 0 Å². The van der Waals surface area contributed by atoms with E-state index < -0.39 is 0 Å². The van der Waals surface area contributed by atoms with Crippen molar-refractivity contribution in [1.82, 2.24) is 10.3 Å². The van der Waals surface area contributed by atoms with Gasteiger partial charge in [0.1, 0.15) is 5.75 Å². The maximum Gasteiger partial charge on any atom is 0.219 e. The van der Waals surface area contributed by atoms with Crippen LogP contribution in [0.2, 0.25) is 5.02 Å². The third kappa shape index (κ3) is 4.95. The average molecular weight is 435 g/mol. The van der Waals surface area contributed by atoms with E-state index in [2.05, 4.69) is 56.0 Å². The maximum absolute atomic E-state index is 6.16. The fraction of sp³-hybridized carbons (Fsp3) is 0.267. The van der Waals surface area contributed by atoms with Gasteiger partial charge in [0.05, 0.1) is 15.2 Å². The molecule has 21 heavy (non-hydrogen) atoms. The predicted molar refractivity (Wildman–Crippen MR) is 93.1 cm³/mol. The van der Waals surface area contributed by atoms with Crippen LogP contribution in [-0.4, -0.2) is 11.0 Å². The zero-order valence-electron chi connectivity index (χ0n) is 11.7. The fourth-order valence-corrected chi connectivity index (χ4v) is 2.92. The lowest BCUT2D eigenvalue weighted by Crippen LogP contribution is -2.22. The molecule has 0 spiro atoms. The molecule has 2 aromatic rings. The van der Waals surface area contributed by atoms with Gasteiger partial charge in [0.2, 0.25) is 5.88 Å². The van der Waals surface area contributed by atoms with Crippen molar-refractivity contribution in [3.05, 3.63) is 50.0 Å². The Morgan fingerprint density at radius 2 is 2.00 bits per heavy atom. The van der Waals surface area contributed by atoms with E-state index in [9.17, 15) is 0 Å². The minimum Gasteiger partial charge on any atom is -0.438 e. The van der Waals surface area contributed by atoms with Gasteiger partial charge in [-0.2, -0.15) is 0 Å². The number of pyridine rings is 1. The minimum atomic E-state index is 0.369. The molecule has 0 atom stereocenters. The highest BCUT2D eigenvalue weighted by Crippen LogP contribution is 2.32. The van der Waals surface area contributed by atoms with Crippen molar-refractivity contribution in [3.8, 4) is 11.6 Å². The highest BCUT2D eigenvalue weighted by Gasteiger charge is 2.08. The lowest BCUT2D eigenvalue weighted by molar-refractivity contribution is 0.455. The zero-order chi connectivity index (χ0) is 15.4. The van der Waals surface area contributed by atoms with Gasteiger partial charge < -0.3 is 10.1 Å². The van der Waals surface area contributed by atoms with Crippen molar-refractivity contribution in [2.45, 2.75) is 26.4 Å². The molecule has 0 aliphatic carbocycles. The second kappa shape index (κ2) is 7.58. The first-order valence-electron chi connectivity index (χ1n) is 6.47. The van der Waals surface area contributed by atoms with Crippen LogP contribution < -0.4 is 10.1 Å². The molecule has 1 heterocycles. The zero-order valence-corrected chi connectivity index (χ0v) is 15.6. The summed E-state index contributed by atoms with van der Waals surface area (Å²) in [5.74, 6) is 1.22. The third-order valence-corrected chi connectivity index (χ3v) is 4.14. The second-order valence-corrected chi connectivity index (χ2v) is 6.97. The first-order valence-corrected chi connectivity index (χ1v) is 8.44. The van der Waals surface area contributed by atoms with Gasteiger partial charge in [-0.1, -0.05) is 41.4 Å². The molecule has 2 rings (SSSR count). The van der Waals surface area contributed by atoms with Crippen LogP contribution in [0.15, 0.2) is 39.3 Å². The normalized spacial score (nSPS) is 11.0. The largest absolute Gasteiger partial charge is 0.438 e. The van der Waals surface area contributed by atoms with Crippen LogP contribution in [0.3, 0.4) is 0 Å². The molecule has 0 bridgehead atoms. The summed E-state index contributed by atoms with van der Waals surface area (Å²) in [6, 6.07) is 9.64. The van der Waals surface area contributed by atoms with Crippen molar-refractivity contribution in [3.63, 3.8) is 0 Å². The Bertz CT molecular complexity index is 635. The number of halogens is 3. The van der Waals surface area contributed by atoms with Gasteiger partial charge in [-0.3, -0.25) is 0 Å². The summed E-state index contributed by atoms with van der Waals surface area (Å²) in [5.41, 5.74) is 0.774. The van der Waals surface area contributed by atoms with E-state index in [4.69, 9.17) is 16.3 Å². The summed E-state index contributed by atoms with van der Waals surface area (Å²) in [6.45, 7) is 4.76. The molecular formula is C15H15Br2ClN2O. The van der Waals surface area contributed by atoms with Crippen LogP contribution in [-0.2, 0) is 6.54 Å². The molecular weight excluding hydrogens is 419 g/mol. The monoisotopic (exact) mass is 432 g/mol. The van der Waals surface area contributed by atoms with Gasteiger partial charge in [0.15, 0.2) is 0 Å². The van der Waals surface area contributed by atoms with Crippen molar-refractivity contribution in [2.24, 2.45) is 0 Å². The number of nitrogens with one attached hydrogen (secondary N) is 1. The highest BCUT2D eigenvalue weighted by atomic mass is 79.9. The number of hydrogen-bond donors (Lipinski definition) is 1. The smallest absolute Gasteiger partial charge is 0.219 e. The average Bonchev–Trinajstić information content (AvgIpc) is 2.42. The molecule has 0 radical (unpaired) electrons. The van der Waals surface area contributed by atoms with Crippen LogP contribution in [0.4, 0.5) is 0 Å². The van der Waals surface area contributed by atoms with Crippen LogP contribution in [0, 0.1) is 0 Å². The molecule has 3 nitrogen and oxygen atoms in total. The molecule has 1 N–H and O–H groups in total. The summed E-state index contributed by atoms with van der Waals surface area (Å²) < 4.78 is 7.64. The standard InChI is InChI=1S/C15H15Br2ClN2O/c1-9(2)19-8-13-12(18)4-6-15(20-13)21-14-5-3-10(16)7-11(14)17/h3-7,9,19H,8H2,1-2H3. The summed E-state index contributed by atoms with van der Waals surface area (Å²) >= 11 is 13.0. The topological polar surface area (TPSA) is 34.2 Å². The van der Waals surface area contributed by atoms with Crippen molar-refractivity contribution >= 4 is 43.5 Å². The molecule has 0 aliphatic heterocycles. The number of ether oxygens (including phenoxy) is 1. The van der Waals surface area contributed by atoms with Gasteiger partial charge in [-0.25, -0.2) is 4.98 Å². The number of hydrogen-bond acceptors (Lipinski definition) is 3. The molecule has 1 aromatic carbocycles. The lowest BCUT2D eigenvalue weighted by Gasteiger charge is -2.11. The maximum atomic E-state index is 6.16. The SMILES string of the molecule is CC(C)NCc1nc(Oc2ccc(Br)cc2Br)ccc1Cl. The molecule has 0 saturated carbocycles. The van der Waals surface area contributed by atoms with E-state index >= 15 is 0 Å². The van der Waals surface area contributed by atoms with Gasteiger partial charge >= 0.3 is 0 Å².